The zero-order valence-electron chi connectivity index (χ0n) is 19.9. The molecule has 5 rings (SSSR count). The molecule has 3 aromatic rings. The molecule has 2 aromatic heterocycles. The number of fused-ring (bicyclic) bond motifs is 3. The fourth-order valence-corrected chi connectivity index (χ4v) is 5.53. The molecule has 2 amide bonds. The number of aromatic carboxylic acids is 1. The molecule has 1 atom stereocenters. The van der Waals surface area contributed by atoms with Crippen LogP contribution in [0.1, 0.15) is 50.9 Å². The number of methoxy groups -OCH3 is 1. The van der Waals surface area contributed by atoms with Gasteiger partial charge in [0.2, 0.25) is 5.91 Å². The normalized spacial score (nSPS) is 16.1. The third-order valence-electron chi connectivity index (χ3n) is 6.76. The molecule has 0 saturated heterocycles. The summed E-state index contributed by atoms with van der Waals surface area (Å²) in [5, 5.41) is 17.0. The van der Waals surface area contributed by atoms with Crippen LogP contribution >= 0.6 is 22.9 Å². The number of amides is 2. The van der Waals surface area contributed by atoms with Crippen LogP contribution in [0.15, 0.2) is 46.7 Å². The SMILES string of the molecule is COCCC(C(=O)Nc1csc(C(=O)O)c1)n1cc2c(cc1=O)-c1cc(Cl)ccc1CC1(CC1)NC2=O. The molecule has 1 aliphatic heterocycles. The highest BCUT2D eigenvalue weighted by molar-refractivity contribution is 7.12. The van der Waals surface area contributed by atoms with E-state index in [1.54, 1.807) is 12.1 Å². The average molecular weight is 542 g/mol. The van der Waals surface area contributed by atoms with Crippen molar-refractivity contribution in [1.82, 2.24) is 9.88 Å². The highest BCUT2D eigenvalue weighted by Crippen LogP contribution is 2.43. The van der Waals surface area contributed by atoms with Gasteiger partial charge in [0.25, 0.3) is 11.5 Å². The molecule has 1 aliphatic carbocycles. The predicted octanol–water partition coefficient (Wildman–Crippen LogP) is 3.96. The highest BCUT2D eigenvalue weighted by atomic mass is 35.5. The van der Waals surface area contributed by atoms with Crippen molar-refractivity contribution in [1.29, 1.82) is 0 Å². The number of carboxylic acids is 1. The Labute approximate surface area is 221 Å². The van der Waals surface area contributed by atoms with Gasteiger partial charge in [0.15, 0.2) is 0 Å². The third kappa shape index (κ3) is 5.04. The van der Waals surface area contributed by atoms with Crippen LogP contribution in [-0.2, 0) is 16.0 Å². The van der Waals surface area contributed by atoms with Gasteiger partial charge in [0.1, 0.15) is 10.9 Å². The number of anilines is 1. The van der Waals surface area contributed by atoms with Gasteiger partial charge in [0, 0.05) is 53.9 Å². The largest absolute Gasteiger partial charge is 0.477 e. The van der Waals surface area contributed by atoms with Crippen LogP contribution in [-0.4, -0.2) is 46.7 Å². The van der Waals surface area contributed by atoms with Gasteiger partial charge in [0.05, 0.1) is 11.3 Å². The van der Waals surface area contributed by atoms with Gasteiger partial charge in [-0.3, -0.25) is 14.4 Å². The Morgan fingerprint density at radius 2 is 2.00 bits per heavy atom. The molecule has 1 saturated carbocycles. The number of aromatic nitrogens is 1. The number of carboxylic acid groups (broad SMARTS) is 1. The number of carbonyl (C=O) groups is 3. The molecular weight excluding hydrogens is 518 g/mol. The number of hydrogen-bond acceptors (Lipinski definition) is 6. The van der Waals surface area contributed by atoms with E-state index in [-0.39, 0.29) is 34.9 Å². The first-order valence-electron chi connectivity index (χ1n) is 11.7. The van der Waals surface area contributed by atoms with Gasteiger partial charge in [-0.15, -0.1) is 11.3 Å². The number of hydrogen-bond donors (Lipinski definition) is 3. The van der Waals surface area contributed by atoms with Crippen molar-refractivity contribution in [3.05, 3.63) is 73.3 Å². The summed E-state index contributed by atoms with van der Waals surface area (Å²) in [6.07, 6.45) is 3.94. The Morgan fingerprint density at radius 3 is 2.68 bits per heavy atom. The molecule has 3 N–H and O–H groups in total. The van der Waals surface area contributed by atoms with Crippen molar-refractivity contribution >= 4 is 46.4 Å². The Bertz CT molecular complexity index is 1480. The van der Waals surface area contributed by atoms with E-state index in [0.29, 0.717) is 22.7 Å². The van der Waals surface area contributed by atoms with E-state index in [1.807, 2.05) is 6.07 Å². The van der Waals surface area contributed by atoms with Crippen molar-refractivity contribution in [2.75, 3.05) is 19.0 Å². The minimum absolute atomic E-state index is 0.0741. The summed E-state index contributed by atoms with van der Waals surface area (Å²) >= 11 is 7.27. The van der Waals surface area contributed by atoms with Crippen molar-refractivity contribution in [3.8, 4) is 11.1 Å². The van der Waals surface area contributed by atoms with Gasteiger partial charge in [-0.2, -0.15) is 0 Å². The van der Waals surface area contributed by atoms with Crippen LogP contribution in [0.4, 0.5) is 5.69 Å². The number of rotatable bonds is 7. The van der Waals surface area contributed by atoms with Gasteiger partial charge in [-0.25, -0.2) is 4.79 Å². The molecule has 1 spiro atoms. The molecule has 192 valence electrons. The summed E-state index contributed by atoms with van der Waals surface area (Å²) in [5.41, 5.74) is 1.96. The maximum atomic E-state index is 13.4. The van der Waals surface area contributed by atoms with E-state index in [4.69, 9.17) is 16.3 Å². The Balaban J connectivity index is 1.58. The molecule has 1 unspecified atom stereocenters. The standard InChI is InChI=1S/C26H24ClN3O6S/c1-36-7-4-20(24(33)28-16-9-21(25(34)35)37-13-16)30-12-19-18(10-22(30)31)17-8-15(27)3-2-14(17)11-26(5-6-26)29-23(19)32/h2-3,8-10,12-13,20H,4-7,11H2,1H3,(H,28,33)(H,29,32)(H,34,35). The van der Waals surface area contributed by atoms with E-state index in [0.717, 1.165) is 35.3 Å². The number of nitrogens with one attached hydrogen (secondary N) is 2. The maximum Gasteiger partial charge on any atom is 0.345 e. The van der Waals surface area contributed by atoms with Crippen molar-refractivity contribution in [2.45, 2.75) is 37.3 Å². The summed E-state index contributed by atoms with van der Waals surface area (Å²) in [4.78, 5) is 51.4. The van der Waals surface area contributed by atoms with Crippen LogP contribution in [0.5, 0.6) is 0 Å². The quantitative estimate of drug-likeness (QED) is 0.415. The fourth-order valence-electron chi connectivity index (χ4n) is 4.68. The van der Waals surface area contributed by atoms with Gasteiger partial charge in [-0.05, 0) is 48.6 Å². The van der Waals surface area contributed by atoms with Crippen molar-refractivity contribution in [2.24, 2.45) is 0 Å². The van der Waals surface area contributed by atoms with Gasteiger partial charge >= 0.3 is 5.97 Å². The summed E-state index contributed by atoms with van der Waals surface area (Å²) in [5.74, 6) is -1.94. The summed E-state index contributed by atoms with van der Waals surface area (Å²) in [7, 11) is 1.49. The molecule has 0 radical (unpaired) electrons. The molecular formula is C26H24ClN3O6S. The molecule has 2 aliphatic rings. The Morgan fingerprint density at radius 1 is 1.22 bits per heavy atom. The van der Waals surface area contributed by atoms with Crippen LogP contribution in [0.25, 0.3) is 11.1 Å². The third-order valence-corrected chi connectivity index (χ3v) is 7.91. The molecule has 11 heteroatoms. The lowest BCUT2D eigenvalue weighted by Crippen LogP contribution is -2.41. The number of ether oxygens (including phenoxy) is 1. The average Bonchev–Trinajstić information content (AvgIpc) is 3.43. The van der Waals surface area contributed by atoms with E-state index in [2.05, 4.69) is 10.6 Å². The first kappa shape index (κ1) is 25.2. The van der Waals surface area contributed by atoms with Crippen LogP contribution in [0.3, 0.4) is 0 Å². The first-order valence-corrected chi connectivity index (χ1v) is 12.9. The molecule has 1 aromatic carbocycles. The lowest BCUT2D eigenvalue weighted by atomic mass is 9.89. The number of thiophene rings is 1. The maximum absolute atomic E-state index is 13.4. The van der Waals surface area contributed by atoms with E-state index < -0.39 is 23.5 Å². The number of carbonyl (C=O) groups excluding carboxylic acids is 2. The zero-order chi connectivity index (χ0) is 26.3. The van der Waals surface area contributed by atoms with E-state index in [1.165, 1.54) is 35.4 Å². The van der Waals surface area contributed by atoms with Crippen molar-refractivity contribution < 1.29 is 24.2 Å². The zero-order valence-corrected chi connectivity index (χ0v) is 21.4. The second kappa shape index (κ2) is 9.77. The monoisotopic (exact) mass is 541 g/mol. The van der Waals surface area contributed by atoms with Gasteiger partial charge < -0.3 is 25.0 Å². The van der Waals surface area contributed by atoms with Gasteiger partial charge in [-0.1, -0.05) is 17.7 Å². The molecule has 37 heavy (non-hydrogen) atoms. The number of halogens is 1. The summed E-state index contributed by atoms with van der Waals surface area (Å²) in [6.45, 7) is 0.180. The molecule has 0 bridgehead atoms. The smallest absolute Gasteiger partial charge is 0.345 e. The molecule has 1 fully saturated rings. The minimum atomic E-state index is -1.10. The lowest BCUT2D eigenvalue weighted by molar-refractivity contribution is -0.119. The van der Waals surface area contributed by atoms with Crippen molar-refractivity contribution in [3.63, 3.8) is 0 Å². The highest BCUT2D eigenvalue weighted by Gasteiger charge is 2.46. The Kier molecular flexibility index (Phi) is 6.65. The fraction of sp³-hybridized carbons (Fsp3) is 0.308. The van der Waals surface area contributed by atoms with Crippen LogP contribution in [0.2, 0.25) is 5.02 Å². The number of benzene rings is 1. The molecule has 3 heterocycles. The number of nitrogens with zero attached hydrogens (tertiary/aromatic N) is 1. The summed E-state index contributed by atoms with van der Waals surface area (Å²) in [6, 6.07) is 7.20. The Hall–Kier alpha value is -3.47. The number of pyridine rings is 1. The van der Waals surface area contributed by atoms with E-state index in [9.17, 15) is 24.3 Å². The topological polar surface area (TPSA) is 127 Å². The second-order valence-corrected chi connectivity index (χ2v) is 10.7. The molecule has 9 nitrogen and oxygen atoms in total. The predicted molar refractivity (Wildman–Crippen MR) is 140 cm³/mol. The van der Waals surface area contributed by atoms with Crippen LogP contribution < -0.4 is 16.2 Å². The summed E-state index contributed by atoms with van der Waals surface area (Å²) < 4.78 is 6.41. The minimum Gasteiger partial charge on any atom is -0.477 e. The first-order chi connectivity index (χ1) is 17.7. The lowest BCUT2D eigenvalue weighted by Gasteiger charge is -2.26. The second-order valence-electron chi connectivity index (χ2n) is 9.35. The van der Waals surface area contributed by atoms with Crippen LogP contribution in [0, 0.1) is 0 Å². The van der Waals surface area contributed by atoms with E-state index >= 15 is 0 Å².